The van der Waals surface area contributed by atoms with Gasteiger partial charge in [-0.15, -0.1) is 0 Å². The monoisotopic (exact) mass is 509 g/mol. The highest BCUT2D eigenvalue weighted by Crippen LogP contribution is 2.08. The van der Waals surface area contributed by atoms with Gasteiger partial charge >= 0.3 is 5.97 Å². The first-order valence-corrected chi connectivity index (χ1v) is 11.8. The fourth-order valence-corrected chi connectivity index (χ4v) is 3.30. The van der Waals surface area contributed by atoms with Crippen molar-refractivity contribution < 1.29 is 24.3 Å². The standard InChI is InChI=1S/C22H39N9O5/c1-11(2)16(20(34)31-17(12(3)4)21(35)36)30-19(33)15(8-13-9-26-10-28-13)29-18(32)14(23)6-5-7-27-22(24)25/h9-12,14-17H,5-8,23H2,1-4H3,(H,26,28)(H,29,32)(H,30,33)(H,31,34)(H,35,36)(H4,24,25,27). The second-order valence-corrected chi connectivity index (χ2v) is 9.20. The quantitative estimate of drug-likeness (QED) is 0.0752. The molecule has 202 valence electrons. The third kappa shape index (κ3) is 10.3. The Morgan fingerprint density at radius 2 is 1.61 bits per heavy atom. The van der Waals surface area contributed by atoms with Crippen LogP contribution in [0, 0.1) is 11.8 Å². The molecule has 4 unspecified atom stereocenters. The number of aliphatic imine (C=N–C) groups is 1. The molecule has 0 bridgehead atoms. The van der Waals surface area contributed by atoms with Gasteiger partial charge in [-0.1, -0.05) is 27.7 Å². The predicted octanol–water partition coefficient (Wildman–Crippen LogP) is -1.82. The van der Waals surface area contributed by atoms with Crippen LogP contribution in [0.2, 0.25) is 0 Å². The molecule has 4 atom stereocenters. The van der Waals surface area contributed by atoms with Crippen molar-refractivity contribution >= 4 is 29.7 Å². The number of aromatic nitrogens is 2. The lowest BCUT2D eigenvalue weighted by Gasteiger charge is -2.27. The van der Waals surface area contributed by atoms with Crippen molar-refractivity contribution in [1.29, 1.82) is 0 Å². The molecule has 1 rings (SSSR count). The number of carboxylic acid groups (broad SMARTS) is 1. The molecule has 36 heavy (non-hydrogen) atoms. The third-order valence-electron chi connectivity index (χ3n) is 5.39. The summed E-state index contributed by atoms with van der Waals surface area (Å²) in [4.78, 5) is 60.9. The molecule has 0 saturated carbocycles. The van der Waals surface area contributed by atoms with Crippen LogP contribution in [-0.4, -0.2) is 75.4 Å². The summed E-state index contributed by atoms with van der Waals surface area (Å²) in [6.45, 7) is 7.06. The van der Waals surface area contributed by atoms with Gasteiger partial charge in [0.15, 0.2) is 5.96 Å². The number of nitrogens with zero attached hydrogens (tertiary/aromatic N) is 2. The highest BCUT2D eigenvalue weighted by atomic mass is 16.4. The van der Waals surface area contributed by atoms with Gasteiger partial charge in [0.05, 0.1) is 12.4 Å². The van der Waals surface area contributed by atoms with E-state index in [2.05, 4.69) is 30.9 Å². The number of hydrogen-bond donors (Lipinski definition) is 8. The largest absolute Gasteiger partial charge is 0.480 e. The van der Waals surface area contributed by atoms with Gasteiger partial charge in [0.2, 0.25) is 17.7 Å². The summed E-state index contributed by atoms with van der Waals surface area (Å²) in [6, 6.07) is -4.14. The van der Waals surface area contributed by atoms with Crippen molar-refractivity contribution in [3.8, 4) is 0 Å². The maximum atomic E-state index is 13.2. The fourth-order valence-electron chi connectivity index (χ4n) is 3.30. The van der Waals surface area contributed by atoms with Gasteiger partial charge < -0.3 is 43.2 Å². The van der Waals surface area contributed by atoms with E-state index in [-0.39, 0.29) is 30.6 Å². The molecule has 0 radical (unpaired) electrons. The average molecular weight is 510 g/mol. The lowest BCUT2D eigenvalue weighted by molar-refractivity contribution is -0.143. The van der Waals surface area contributed by atoms with E-state index >= 15 is 0 Å². The van der Waals surface area contributed by atoms with Gasteiger partial charge in [0.25, 0.3) is 0 Å². The number of imidazole rings is 1. The van der Waals surface area contributed by atoms with E-state index in [9.17, 15) is 24.3 Å². The normalized spacial score (nSPS) is 14.4. The number of nitrogens with two attached hydrogens (primary N) is 3. The molecule has 14 heteroatoms. The van der Waals surface area contributed by atoms with Crippen molar-refractivity contribution in [3.05, 3.63) is 18.2 Å². The Balaban J connectivity index is 2.95. The van der Waals surface area contributed by atoms with Crippen LogP contribution in [0.25, 0.3) is 0 Å². The van der Waals surface area contributed by atoms with Crippen LogP contribution in [0.4, 0.5) is 0 Å². The summed E-state index contributed by atoms with van der Waals surface area (Å²) >= 11 is 0. The van der Waals surface area contributed by atoms with Crippen molar-refractivity contribution in [2.75, 3.05) is 6.54 Å². The van der Waals surface area contributed by atoms with E-state index in [4.69, 9.17) is 17.2 Å². The average Bonchev–Trinajstić information content (AvgIpc) is 3.29. The fraction of sp³-hybridized carbons (Fsp3) is 0.636. The summed E-state index contributed by atoms with van der Waals surface area (Å²) in [5, 5.41) is 17.1. The number of nitrogens with one attached hydrogen (secondary N) is 4. The van der Waals surface area contributed by atoms with Crippen LogP contribution < -0.4 is 33.2 Å². The number of rotatable bonds is 15. The maximum Gasteiger partial charge on any atom is 0.326 e. The van der Waals surface area contributed by atoms with Crippen molar-refractivity contribution in [2.45, 2.75) is 71.1 Å². The molecule has 1 aromatic heterocycles. The molecular weight excluding hydrogens is 470 g/mol. The Kier molecular flexibility index (Phi) is 12.4. The Labute approximate surface area is 210 Å². The number of hydrogen-bond acceptors (Lipinski definition) is 7. The zero-order valence-corrected chi connectivity index (χ0v) is 21.2. The van der Waals surface area contributed by atoms with E-state index in [1.54, 1.807) is 27.7 Å². The number of carbonyl (C=O) groups excluding carboxylic acids is 3. The van der Waals surface area contributed by atoms with Gasteiger partial charge in [-0.05, 0) is 24.7 Å². The van der Waals surface area contributed by atoms with Crippen molar-refractivity contribution in [1.82, 2.24) is 25.9 Å². The number of aromatic amines is 1. The zero-order valence-electron chi connectivity index (χ0n) is 21.2. The van der Waals surface area contributed by atoms with Crippen LogP contribution >= 0.6 is 0 Å². The number of carbonyl (C=O) groups is 4. The molecule has 11 N–H and O–H groups in total. The predicted molar refractivity (Wildman–Crippen MR) is 133 cm³/mol. The van der Waals surface area contributed by atoms with Crippen LogP contribution in [0.15, 0.2) is 17.5 Å². The van der Waals surface area contributed by atoms with Gasteiger partial charge in [-0.3, -0.25) is 19.4 Å². The summed E-state index contributed by atoms with van der Waals surface area (Å²) < 4.78 is 0. The third-order valence-corrected chi connectivity index (χ3v) is 5.39. The number of carboxylic acids is 1. The molecule has 1 heterocycles. The molecule has 0 saturated heterocycles. The first-order valence-electron chi connectivity index (χ1n) is 11.8. The van der Waals surface area contributed by atoms with Gasteiger partial charge in [0.1, 0.15) is 18.1 Å². The summed E-state index contributed by atoms with van der Waals surface area (Å²) in [5.74, 6) is -3.79. The lowest BCUT2D eigenvalue weighted by atomic mass is 9.99. The van der Waals surface area contributed by atoms with E-state index < -0.39 is 47.9 Å². The summed E-state index contributed by atoms with van der Waals surface area (Å²) in [5.41, 5.74) is 17.1. The topological polar surface area (TPSA) is 244 Å². The van der Waals surface area contributed by atoms with E-state index in [1.807, 2.05) is 0 Å². The van der Waals surface area contributed by atoms with E-state index in [0.717, 1.165) is 0 Å². The Morgan fingerprint density at radius 1 is 1.00 bits per heavy atom. The molecule has 3 amide bonds. The first-order chi connectivity index (χ1) is 16.8. The molecule has 0 aromatic carbocycles. The Hall–Kier alpha value is -3.68. The molecule has 0 spiro atoms. The second kappa shape index (κ2) is 14.7. The van der Waals surface area contributed by atoms with Crippen LogP contribution in [0.3, 0.4) is 0 Å². The molecule has 1 aromatic rings. The van der Waals surface area contributed by atoms with Crippen molar-refractivity contribution in [2.24, 2.45) is 34.0 Å². The van der Waals surface area contributed by atoms with Crippen molar-refractivity contribution in [3.63, 3.8) is 0 Å². The maximum absolute atomic E-state index is 13.2. The lowest BCUT2D eigenvalue weighted by Crippen LogP contribution is -2.59. The molecule has 14 nitrogen and oxygen atoms in total. The van der Waals surface area contributed by atoms with E-state index in [1.165, 1.54) is 12.5 Å². The zero-order chi connectivity index (χ0) is 27.4. The SMILES string of the molecule is CC(C)C(NC(=O)C(NC(=O)C(Cc1cnc[nH]1)NC(=O)C(N)CCCN=C(N)N)C(C)C)C(=O)O. The van der Waals surface area contributed by atoms with Gasteiger partial charge in [-0.2, -0.15) is 0 Å². The van der Waals surface area contributed by atoms with E-state index in [0.29, 0.717) is 18.7 Å². The Morgan fingerprint density at radius 3 is 2.11 bits per heavy atom. The first kappa shape index (κ1) is 30.4. The highest BCUT2D eigenvalue weighted by Gasteiger charge is 2.33. The highest BCUT2D eigenvalue weighted by molar-refractivity contribution is 5.94. The minimum absolute atomic E-state index is 0.0591. The smallest absolute Gasteiger partial charge is 0.326 e. The van der Waals surface area contributed by atoms with Crippen LogP contribution in [0.5, 0.6) is 0 Å². The van der Waals surface area contributed by atoms with Crippen LogP contribution in [0.1, 0.15) is 46.2 Å². The summed E-state index contributed by atoms with van der Waals surface area (Å²) in [6.07, 6.45) is 3.75. The van der Waals surface area contributed by atoms with Crippen LogP contribution in [-0.2, 0) is 25.6 Å². The number of H-pyrrole nitrogens is 1. The Bertz CT molecular complexity index is 898. The molecule has 0 aliphatic rings. The summed E-state index contributed by atoms with van der Waals surface area (Å²) in [7, 11) is 0. The molecule has 0 fully saturated rings. The minimum Gasteiger partial charge on any atom is -0.480 e. The molecular formula is C22H39N9O5. The van der Waals surface area contributed by atoms with Gasteiger partial charge in [0, 0.05) is 24.9 Å². The number of aliphatic carboxylic acids is 1. The molecule has 0 aliphatic heterocycles. The van der Waals surface area contributed by atoms with Gasteiger partial charge in [-0.25, -0.2) is 9.78 Å². The second-order valence-electron chi connectivity index (χ2n) is 9.20. The number of amides is 3. The minimum atomic E-state index is -1.18. The molecule has 0 aliphatic carbocycles. The number of guanidine groups is 1.